The van der Waals surface area contributed by atoms with E-state index >= 15 is 0 Å². The molecule has 0 bridgehead atoms. The molecule has 44 heteroatoms. The minimum absolute atomic E-state index is 0.00333. The molecule has 16 rings (SSSR count). The summed E-state index contributed by atoms with van der Waals surface area (Å²) in [5, 5.41) is 24.1. The van der Waals surface area contributed by atoms with Crippen molar-refractivity contribution in [3.8, 4) is 75.0 Å². The maximum Gasteiger partial charge on any atom is 0.435 e. The highest BCUT2D eigenvalue weighted by molar-refractivity contribution is 5.78. The molecule has 0 unspecified atom stereocenters. The number of pyridine rings is 2. The number of aliphatic hydroxyl groups excluding tert-OH is 1. The molecule has 0 spiro atoms. The molecule has 0 fully saturated rings. The molecule has 11 heterocycles. The Bertz CT molecular complexity index is 6310. The summed E-state index contributed by atoms with van der Waals surface area (Å²) in [6, 6.07) is 43.9. The average Bonchev–Trinajstić information content (AvgIpc) is 1.52. The maximum absolute atomic E-state index is 13.7. The molecular weight excluding hydrogens is 1650 g/mol. The number of methoxy groups -OCH3 is 3. The van der Waals surface area contributed by atoms with Crippen LogP contribution in [0.4, 0.5) is 118 Å². The minimum Gasteiger partial charge on any atom is -0.497 e. The minimum atomic E-state index is -4.75. The van der Waals surface area contributed by atoms with Gasteiger partial charge in [0.15, 0.2) is 40.2 Å². The van der Waals surface area contributed by atoms with Crippen molar-refractivity contribution in [1.29, 1.82) is 0 Å². The SMILES string of the molecule is COc1ccc(Nc2ccnc(-c3c(C(F)(F)F)nc4ccc(OC)cn34)n2)cc1.COc1ccc2nc(C(F)(F)F)c(-c3nccc(Nc4ccc(OC(F)F)cc4)n3)n2c1.Cc1nc2ccccc2n1-c1nc(NCCO)cc(Nc2ccc(OC(F)F)cc2)n1.FC(F)Oc1ccc(Nc2ccnc(-c3c(C(F)(F)F)nc4cnccn34)n2)cc1. The van der Waals surface area contributed by atoms with Gasteiger partial charge in [0.25, 0.3) is 0 Å². The number of hydrogen-bond donors (Lipinski definition) is 6. The van der Waals surface area contributed by atoms with Gasteiger partial charge >= 0.3 is 38.4 Å². The van der Waals surface area contributed by atoms with Gasteiger partial charge in [0.1, 0.15) is 97.8 Å². The highest BCUT2D eigenvalue weighted by Gasteiger charge is 2.42. The Kier molecular flexibility index (Phi) is 25.9. The van der Waals surface area contributed by atoms with Crippen molar-refractivity contribution in [1.82, 2.24) is 82.6 Å². The van der Waals surface area contributed by atoms with Crippen molar-refractivity contribution in [2.45, 2.75) is 45.3 Å². The van der Waals surface area contributed by atoms with Gasteiger partial charge in [-0.15, -0.1) is 0 Å². The quantitative estimate of drug-likeness (QED) is 0.0306. The zero-order chi connectivity index (χ0) is 87.3. The van der Waals surface area contributed by atoms with Crippen LogP contribution < -0.4 is 55.0 Å². The van der Waals surface area contributed by atoms with Crippen LogP contribution in [0, 0.1) is 6.92 Å². The molecule has 0 atom stereocenters. The van der Waals surface area contributed by atoms with Crippen LogP contribution in [0.3, 0.4) is 0 Å². The van der Waals surface area contributed by atoms with Gasteiger partial charge in [-0.2, -0.15) is 75.8 Å². The fourth-order valence-corrected chi connectivity index (χ4v) is 11.8. The molecule has 0 aliphatic carbocycles. The third kappa shape index (κ3) is 21.2. The standard InChI is InChI=1S/C21H20F2N6O2.C20H14F5N5O2.C20H16F3N5O2.C18H11F5N6O/c1-13-25-16-4-2-3-5-17(16)29(13)21-27-18(24-10-11-30)12-19(28-21)26-14-6-8-15(9-7-14)31-20(22)23;1-31-13-6-7-15-29-17(20(23,24)25)16(30(15)10-13)18-26-9-8-14(28-18)27-11-2-4-12(5-3-11)32-19(21)22;1-29-13-5-3-12(4-6-13)25-15-9-10-24-19(26-15)17-18(20(21,22)23)27-16-8-7-14(30-2)11-28(16)17;19-17(20)30-11-3-1-10(2-4-11)26-12-5-6-25-16(27-12)14-15(18(21,22)23)28-13-9-24-7-8-29(13)14/h2-9,12,20,30H,10-11H2,1H3,(H2,24,26,27,28);2-10,19H,1H3,(H,26,27,28);3-11H,1-2H3,(H,24,25,26);1-9,17H,(H,25,26,27). The van der Waals surface area contributed by atoms with Crippen molar-refractivity contribution in [3.63, 3.8) is 0 Å². The first kappa shape index (κ1) is 85.5. The van der Waals surface area contributed by atoms with Crippen LogP contribution in [-0.2, 0) is 18.5 Å². The maximum atomic E-state index is 13.7. The lowest BCUT2D eigenvalue weighted by molar-refractivity contribution is -0.141. The van der Waals surface area contributed by atoms with Gasteiger partial charge in [-0.05, 0) is 159 Å². The Labute approximate surface area is 682 Å². The Morgan fingerprint density at radius 2 is 0.764 bits per heavy atom. The molecule has 29 nitrogen and oxygen atoms in total. The normalized spacial score (nSPS) is 11.5. The summed E-state index contributed by atoms with van der Waals surface area (Å²) in [5.74, 6) is 3.64. The number of imidazole rings is 4. The second-order valence-electron chi connectivity index (χ2n) is 25.1. The molecule has 5 aromatic carbocycles. The zero-order valence-electron chi connectivity index (χ0n) is 63.6. The van der Waals surface area contributed by atoms with E-state index < -0.39 is 55.4 Å². The first-order valence-electron chi connectivity index (χ1n) is 35.7. The number of aryl methyl sites for hydroxylation is 1. The van der Waals surface area contributed by atoms with Gasteiger partial charge in [0.2, 0.25) is 5.95 Å². The van der Waals surface area contributed by atoms with Crippen molar-refractivity contribution in [2.75, 3.05) is 61.1 Å². The summed E-state index contributed by atoms with van der Waals surface area (Å²) in [6.45, 7) is -6.65. The Morgan fingerprint density at radius 3 is 1.16 bits per heavy atom. The molecule has 0 amide bonds. The van der Waals surface area contributed by atoms with Crippen LogP contribution in [-0.4, -0.2) is 142 Å². The highest BCUT2D eigenvalue weighted by atomic mass is 19.4. The lowest BCUT2D eigenvalue weighted by Crippen LogP contribution is -2.11. The molecule has 123 heavy (non-hydrogen) atoms. The van der Waals surface area contributed by atoms with Crippen LogP contribution in [0.5, 0.6) is 34.5 Å². The number of fused-ring (bicyclic) bond motifs is 4. The van der Waals surface area contributed by atoms with Gasteiger partial charge < -0.3 is 60.1 Å². The fourth-order valence-electron chi connectivity index (χ4n) is 11.8. The summed E-state index contributed by atoms with van der Waals surface area (Å²) in [7, 11) is 4.38. The number of nitrogens with zero attached hydrogens (tertiary/aromatic N) is 17. The van der Waals surface area contributed by atoms with E-state index in [9.17, 15) is 65.9 Å². The van der Waals surface area contributed by atoms with Gasteiger partial charge in [0.05, 0.1) is 57.6 Å². The Balaban J connectivity index is 0.000000141. The summed E-state index contributed by atoms with van der Waals surface area (Å²) < 4.78 is 230. The lowest BCUT2D eigenvalue weighted by Gasteiger charge is -2.13. The third-order valence-electron chi connectivity index (χ3n) is 17.0. The smallest absolute Gasteiger partial charge is 0.435 e. The van der Waals surface area contributed by atoms with Crippen LogP contribution in [0.1, 0.15) is 22.9 Å². The molecule has 0 saturated carbocycles. The topological polar surface area (TPSA) is 321 Å². The average molecular weight is 1720 g/mol. The predicted octanol–water partition coefficient (Wildman–Crippen LogP) is 18.2. The van der Waals surface area contributed by atoms with E-state index in [-0.39, 0.29) is 87.0 Å². The monoisotopic (exact) mass is 1710 g/mol. The Morgan fingerprint density at radius 1 is 0.390 bits per heavy atom. The number of ether oxygens (including phenoxy) is 6. The highest BCUT2D eigenvalue weighted by Crippen LogP contribution is 2.41. The molecule has 0 saturated heterocycles. The van der Waals surface area contributed by atoms with Crippen molar-refractivity contribution >= 4 is 79.8 Å². The number of hydrogen-bond acceptors (Lipinski definition) is 25. The molecular formula is C79H61F15N22O7. The summed E-state index contributed by atoms with van der Waals surface area (Å²) in [4.78, 5) is 53.2. The zero-order valence-corrected chi connectivity index (χ0v) is 63.6. The van der Waals surface area contributed by atoms with E-state index in [1.807, 2.05) is 35.8 Å². The van der Waals surface area contributed by atoms with E-state index in [0.29, 0.717) is 69.9 Å². The number of aromatic nitrogens is 17. The second-order valence-corrected chi connectivity index (χ2v) is 25.1. The fraction of sp³-hybridized carbons (Fsp3) is 0.152. The van der Waals surface area contributed by atoms with E-state index in [1.165, 1.54) is 174 Å². The first-order valence-corrected chi connectivity index (χ1v) is 35.7. The molecule has 6 N–H and O–H groups in total. The number of alkyl halides is 15. The Hall–Kier alpha value is -15.4. The molecule has 0 aliphatic heterocycles. The number of benzene rings is 5. The van der Waals surface area contributed by atoms with E-state index in [4.69, 9.17) is 19.3 Å². The van der Waals surface area contributed by atoms with Crippen LogP contribution >= 0.6 is 0 Å². The lowest BCUT2D eigenvalue weighted by atomic mass is 10.2. The van der Waals surface area contributed by atoms with Crippen molar-refractivity contribution < 1.29 is 99.4 Å². The van der Waals surface area contributed by atoms with E-state index in [0.717, 1.165) is 16.9 Å². The van der Waals surface area contributed by atoms with Gasteiger partial charge in [-0.1, -0.05) is 12.1 Å². The number of halogens is 15. The largest absolute Gasteiger partial charge is 0.497 e. The summed E-state index contributed by atoms with van der Waals surface area (Å²) in [6.07, 6.45) is -3.57. The number of nitrogens with one attached hydrogen (secondary N) is 5. The van der Waals surface area contributed by atoms with Gasteiger partial charge in [0, 0.05) is 66.3 Å². The second kappa shape index (κ2) is 37.3. The van der Waals surface area contributed by atoms with Crippen molar-refractivity contribution in [2.24, 2.45) is 0 Å². The number of anilines is 9. The molecule has 634 valence electrons. The molecule has 0 aliphatic rings. The summed E-state index contributed by atoms with van der Waals surface area (Å²) in [5.41, 5.74) is -0.240. The number of para-hydroxylation sites is 2. The number of aliphatic hydroxyl groups is 1. The first-order chi connectivity index (χ1) is 59.0. The van der Waals surface area contributed by atoms with Crippen LogP contribution in [0.25, 0.3) is 68.5 Å². The van der Waals surface area contributed by atoms with E-state index in [2.05, 4.69) is 106 Å². The van der Waals surface area contributed by atoms with Crippen LogP contribution in [0.15, 0.2) is 219 Å². The third-order valence-corrected chi connectivity index (χ3v) is 17.0. The molecule has 0 radical (unpaired) electrons. The molecule has 11 aromatic heterocycles. The predicted molar refractivity (Wildman–Crippen MR) is 417 cm³/mol. The van der Waals surface area contributed by atoms with Crippen molar-refractivity contribution in [3.05, 3.63) is 242 Å². The van der Waals surface area contributed by atoms with Gasteiger partial charge in [-0.25, -0.2) is 49.8 Å². The summed E-state index contributed by atoms with van der Waals surface area (Å²) >= 11 is 0. The molecule has 16 aromatic rings. The van der Waals surface area contributed by atoms with E-state index in [1.54, 1.807) is 55.6 Å². The van der Waals surface area contributed by atoms with Gasteiger partial charge in [-0.3, -0.25) is 22.8 Å². The number of rotatable bonds is 24. The van der Waals surface area contributed by atoms with Crippen LogP contribution in [0.2, 0.25) is 0 Å².